The zero-order chi connectivity index (χ0) is 23.0. The smallest absolute Gasteiger partial charge is 0.307 e. The highest BCUT2D eigenvalue weighted by Gasteiger charge is 2.24. The van der Waals surface area contributed by atoms with E-state index in [4.69, 9.17) is 0 Å². The number of amides is 2. The number of aryl methyl sites for hydroxylation is 1. The molecule has 3 rings (SSSR count). The van der Waals surface area contributed by atoms with Crippen LogP contribution in [0, 0.1) is 0 Å². The fraction of sp³-hybridized carbons (Fsp3) is 0.273. The van der Waals surface area contributed by atoms with Crippen molar-refractivity contribution in [2.24, 2.45) is 0 Å². The predicted octanol–water partition coefficient (Wildman–Crippen LogP) is 4.98. The molecule has 0 aliphatic carbocycles. The number of thiazole rings is 1. The van der Waals surface area contributed by atoms with E-state index in [1.54, 1.807) is 7.05 Å². The number of anilines is 2. The Kier molecular flexibility index (Phi) is 8.73. The lowest BCUT2D eigenvalue weighted by atomic mass is 10.1. The second kappa shape index (κ2) is 11.0. The predicted molar refractivity (Wildman–Crippen MR) is 128 cm³/mol. The molecule has 2 amide bonds. The zero-order valence-corrected chi connectivity index (χ0v) is 20.0. The molecule has 0 bridgehead atoms. The van der Waals surface area contributed by atoms with E-state index in [9.17, 15) is 13.2 Å². The highest BCUT2D eigenvalue weighted by Crippen LogP contribution is 2.30. The van der Waals surface area contributed by atoms with E-state index in [-0.39, 0.29) is 4.21 Å². The molecular formula is C22H28N4O3S2. The Bertz CT molecular complexity index is 1100. The number of urea groups is 1. The van der Waals surface area contributed by atoms with Gasteiger partial charge in [0.05, 0.1) is 5.69 Å². The summed E-state index contributed by atoms with van der Waals surface area (Å²) in [5.74, 6) is 0. The molecule has 9 heteroatoms. The Morgan fingerprint density at radius 1 is 1.03 bits per heavy atom. The SMILES string of the molecule is CC.CCc1nc(N(C)C(=O)Nc2ccc(-c3ccccc3)cc2)sc1S(=O)(=O)NC. The highest BCUT2D eigenvalue weighted by atomic mass is 32.2. The van der Waals surface area contributed by atoms with E-state index in [0.29, 0.717) is 22.9 Å². The minimum Gasteiger partial charge on any atom is -0.307 e. The third kappa shape index (κ3) is 5.90. The van der Waals surface area contributed by atoms with Crippen LogP contribution >= 0.6 is 11.3 Å². The molecular weight excluding hydrogens is 432 g/mol. The molecule has 2 N–H and O–H groups in total. The fourth-order valence-electron chi connectivity index (χ4n) is 2.67. The first-order chi connectivity index (χ1) is 14.9. The third-order valence-electron chi connectivity index (χ3n) is 4.33. The van der Waals surface area contributed by atoms with E-state index in [0.717, 1.165) is 22.5 Å². The van der Waals surface area contributed by atoms with Crippen molar-refractivity contribution in [1.82, 2.24) is 9.71 Å². The Hall–Kier alpha value is -2.75. The summed E-state index contributed by atoms with van der Waals surface area (Å²) >= 11 is 0.966. The van der Waals surface area contributed by atoms with Crippen molar-refractivity contribution in [3.8, 4) is 11.1 Å². The highest BCUT2D eigenvalue weighted by molar-refractivity contribution is 7.91. The second-order valence-corrected chi connectivity index (χ2v) is 9.28. The summed E-state index contributed by atoms with van der Waals surface area (Å²) in [5.41, 5.74) is 3.21. The maximum atomic E-state index is 12.6. The average Bonchev–Trinajstić information content (AvgIpc) is 3.26. The molecule has 31 heavy (non-hydrogen) atoms. The number of hydrogen-bond acceptors (Lipinski definition) is 5. The Balaban J connectivity index is 0.00000166. The lowest BCUT2D eigenvalue weighted by Gasteiger charge is -2.15. The Morgan fingerprint density at radius 3 is 2.16 bits per heavy atom. The molecule has 0 saturated heterocycles. The van der Waals surface area contributed by atoms with Crippen LogP contribution in [0.3, 0.4) is 0 Å². The number of hydrogen-bond donors (Lipinski definition) is 2. The van der Waals surface area contributed by atoms with Gasteiger partial charge in [-0.2, -0.15) is 0 Å². The molecule has 0 radical (unpaired) electrons. The summed E-state index contributed by atoms with van der Waals surface area (Å²) in [6.07, 6.45) is 0.448. The Labute approximate surface area is 188 Å². The maximum absolute atomic E-state index is 12.6. The van der Waals surface area contributed by atoms with Crippen LogP contribution in [-0.4, -0.2) is 33.5 Å². The van der Waals surface area contributed by atoms with Crippen LogP contribution in [0.25, 0.3) is 11.1 Å². The molecule has 0 saturated carbocycles. The van der Waals surface area contributed by atoms with Crippen molar-refractivity contribution < 1.29 is 13.2 Å². The van der Waals surface area contributed by atoms with Gasteiger partial charge < -0.3 is 5.32 Å². The van der Waals surface area contributed by atoms with Gasteiger partial charge >= 0.3 is 6.03 Å². The molecule has 0 fully saturated rings. The summed E-state index contributed by atoms with van der Waals surface area (Å²) in [6.45, 7) is 5.82. The number of rotatable bonds is 6. The minimum atomic E-state index is -3.62. The van der Waals surface area contributed by atoms with Gasteiger partial charge in [-0.05, 0) is 36.7 Å². The molecule has 1 heterocycles. The molecule has 166 valence electrons. The molecule has 3 aromatic rings. The van der Waals surface area contributed by atoms with Crippen molar-refractivity contribution >= 4 is 38.2 Å². The van der Waals surface area contributed by atoms with Crippen LogP contribution in [0.4, 0.5) is 15.6 Å². The van der Waals surface area contributed by atoms with Crippen LogP contribution in [0.15, 0.2) is 58.8 Å². The Morgan fingerprint density at radius 2 is 1.61 bits per heavy atom. The van der Waals surface area contributed by atoms with Crippen LogP contribution < -0.4 is 14.9 Å². The lowest BCUT2D eigenvalue weighted by molar-refractivity contribution is 0.258. The van der Waals surface area contributed by atoms with E-state index >= 15 is 0 Å². The van der Waals surface area contributed by atoms with Gasteiger partial charge in [0.25, 0.3) is 10.0 Å². The number of sulfonamides is 1. The zero-order valence-electron chi connectivity index (χ0n) is 18.3. The minimum absolute atomic E-state index is 0.129. The summed E-state index contributed by atoms with van der Waals surface area (Å²) < 4.78 is 26.8. The van der Waals surface area contributed by atoms with Crippen molar-refractivity contribution in [2.75, 3.05) is 24.3 Å². The molecule has 7 nitrogen and oxygen atoms in total. The van der Waals surface area contributed by atoms with Crippen LogP contribution in [0.5, 0.6) is 0 Å². The second-order valence-electron chi connectivity index (χ2n) is 6.22. The lowest BCUT2D eigenvalue weighted by Crippen LogP contribution is -2.31. The fourth-order valence-corrected chi connectivity index (χ4v) is 5.11. The first-order valence-electron chi connectivity index (χ1n) is 9.99. The van der Waals surface area contributed by atoms with Gasteiger partial charge in [0, 0.05) is 12.7 Å². The van der Waals surface area contributed by atoms with Crippen molar-refractivity contribution in [3.05, 3.63) is 60.3 Å². The average molecular weight is 461 g/mol. The van der Waals surface area contributed by atoms with Gasteiger partial charge in [0.15, 0.2) is 9.34 Å². The number of nitrogens with zero attached hydrogens (tertiary/aromatic N) is 2. The summed E-state index contributed by atoms with van der Waals surface area (Å²) in [7, 11) is -0.714. The van der Waals surface area contributed by atoms with Crippen molar-refractivity contribution in [3.63, 3.8) is 0 Å². The maximum Gasteiger partial charge on any atom is 0.327 e. The van der Waals surface area contributed by atoms with Crippen LogP contribution in [0.1, 0.15) is 26.5 Å². The number of carbonyl (C=O) groups is 1. The summed E-state index contributed by atoms with van der Waals surface area (Å²) in [6, 6.07) is 17.1. The molecule has 0 aliphatic rings. The first-order valence-corrected chi connectivity index (χ1v) is 12.3. The molecule has 0 unspecified atom stereocenters. The van der Waals surface area contributed by atoms with Crippen LogP contribution in [0.2, 0.25) is 0 Å². The van der Waals surface area contributed by atoms with Gasteiger partial charge in [-0.1, -0.05) is 74.6 Å². The van der Waals surface area contributed by atoms with E-state index in [1.165, 1.54) is 11.9 Å². The quantitative estimate of drug-likeness (QED) is 0.543. The molecule has 0 spiro atoms. The van der Waals surface area contributed by atoms with Gasteiger partial charge in [-0.25, -0.2) is 22.9 Å². The normalized spacial score (nSPS) is 10.7. The van der Waals surface area contributed by atoms with E-state index in [1.807, 2.05) is 75.4 Å². The number of aromatic nitrogens is 1. The number of benzene rings is 2. The van der Waals surface area contributed by atoms with Crippen molar-refractivity contribution in [1.29, 1.82) is 0 Å². The molecule has 0 atom stereocenters. The monoisotopic (exact) mass is 460 g/mol. The van der Waals surface area contributed by atoms with Crippen molar-refractivity contribution in [2.45, 2.75) is 31.4 Å². The van der Waals surface area contributed by atoms with Gasteiger partial charge in [-0.15, -0.1) is 0 Å². The molecule has 1 aromatic heterocycles. The first kappa shape index (κ1) is 24.5. The van der Waals surface area contributed by atoms with Gasteiger partial charge in [0.2, 0.25) is 0 Å². The standard InChI is InChI=1S/C20H22N4O3S2.C2H6/c1-4-17-18(29(26,27)21-2)28-20(23-17)24(3)19(25)22-16-12-10-15(11-13-16)14-8-6-5-7-9-14;1-2/h5-13,21H,4H2,1-3H3,(H,22,25);1-2H3. The number of nitrogens with one attached hydrogen (secondary N) is 2. The third-order valence-corrected chi connectivity index (χ3v) is 7.47. The van der Waals surface area contributed by atoms with Gasteiger partial charge in [0.1, 0.15) is 0 Å². The summed E-state index contributed by atoms with van der Waals surface area (Å²) in [4.78, 5) is 18.2. The topological polar surface area (TPSA) is 91.4 Å². The number of carbonyl (C=O) groups excluding carboxylic acids is 1. The van der Waals surface area contributed by atoms with E-state index < -0.39 is 16.1 Å². The van der Waals surface area contributed by atoms with E-state index in [2.05, 4.69) is 15.0 Å². The largest absolute Gasteiger partial charge is 0.327 e. The summed E-state index contributed by atoms with van der Waals surface area (Å²) in [5, 5.41) is 3.12. The van der Waals surface area contributed by atoms with Gasteiger partial charge in [-0.3, -0.25) is 4.90 Å². The molecule has 0 aliphatic heterocycles. The molecule has 2 aromatic carbocycles. The van der Waals surface area contributed by atoms with Crippen LogP contribution in [-0.2, 0) is 16.4 Å².